The van der Waals surface area contributed by atoms with Crippen molar-refractivity contribution in [1.82, 2.24) is 10.3 Å². The predicted octanol–water partition coefficient (Wildman–Crippen LogP) is 2.38. The molecule has 0 radical (unpaired) electrons. The van der Waals surface area contributed by atoms with Crippen molar-refractivity contribution in [3.05, 3.63) is 41.4 Å². The van der Waals surface area contributed by atoms with Gasteiger partial charge in [0.1, 0.15) is 5.01 Å². The number of carbonyl (C=O) groups is 1. The van der Waals surface area contributed by atoms with Crippen molar-refractivity contribution in [2.24, 2.45) is 5.73 Å². The van der Waals surface area contributed by atoms with Crippen molar-refractivity contribution in [3.8, 4) is 10.6 Å². The van der Waals surface area contributed by atoms with Crippen LogP contribution in [0.4, 0.5) is 0 Å². The molecule has 0 unspecified atom stereocenters. The Morgan fingerprint density at radius 3 is 2.71 bits per heavy atom. The smallest absolute Gasteiger partial charge is 0.240 e. The van der Waals surface area contributed by atoms with Gasteiger partial charge in [-0.05, 0) is 12.8 Å². The molecular weight excluding hydrogens is 306 g/mol. The van der Waals surface area contributed by atoms with Crippen LogP contribution in [-0.4, -0.2) is 23.0 Å². The molecule has 0 saturated heterocycles. The van der Waals surface area contributed by atoms with Gasteiger partial charge in [-0.3, -0.25) is 4.79 Å². The Morgan fingerprint density at radius 2 is 2.05 bits per heavy atom. The standard InChI is InChI=1S/C15H17N3OS.ClH/c16-15(7-8-15)14(19)17-9-6-12-10-20-13(18-12)11-4-2-1-3-5-11;/h1-5,10H,6-9,16H2,(H,17,19);1H. The van der Waals surface area contributed by atoms with Crippen molar-refractivity contribution >= 4 is 29.7 Å². The van der Waals surface area contributed by atoms with Gasteiger partial charge in [0, 0.05) is 23.9 Å². The van der Waals surface area contributed by atoms with Crippen molar-refractivity contribution in [3.63, 3.8) is 0 Å². The SMILES string of the molecule is Cl.NC1(C(=O)NCCc2csc(-c3ccccc3)n2)CC1. The van der Waals surface area contributed by atoms with E-state index in [9.17, 15) is 4.79 Å². The van der Waals surface area contributed by atoms with Crippen molar-refractivity contribution < 1.29 is 4.79 Å². The largest absolute Gasteiger partial charge is 0.354 e. The van der Waals surface area contributed by atoms with E-state index >= 15 is 0 Å². The summed E-state index contributed by atoms with van der Waals surface area (Å²) >= 11 is 1.63. The van der Waals surface area contributed by atoms with E-state index in [1.807, 2.05) is 23.6 Å². The first-order chi connectivity index (χ1) is 9.67. The molecule has 1 fully saturated rings. The fraction of sp³-hybridized carbons (Fsp3) is 0.333. The molecule has 1 saturated carbocycles. The van der Waals surface area contributed by atoms with Crippen LogP contribution in [0.1, 0.15) is 18.5 Å². The number of hydrogen-bond donors (Lipinski definition) is 2. The van der Waals surface area contributed by atoms with E-state index in [4.69, 9.17) is 5.73 Å². The summed E-state index contributed by atoms with van der Waals surface area (Å²) in [6.45, 7) is 0.593. The van der Waals surface area contributed by atoms with Crippen LogP contribution in [0.15, 0.2) is 35.7 Å². The Balaban J connectivity index is 0.00000161. The Labute approximate surface area is 134 Å². The minimum absolute atomic E-state index is 0. The third-order valence-electron chi connectivity index (χ3n) is 3.48. The number of nitrogens with two attached hydrogens (primary N) is 1. The topological polar surface area (TPSA) is 68.0 Å². The fourth-order valence-corrected chi connectivity index (χ4v) is 2.84. The van der Waals surface area contributed by atoms with E-state index < -0.39 is 5.54 Å². The van der Waals surface area contributed by atoms with Gasteiger partial charge in [0.25, 0.3) is 0 Å². The molecule has 1 aromatic heterocycles. The van der Waals surface area contributed by atoms with Gasteiger partial charge >= 0.3 is 0 Å². The summed E-state index contributed by atoms with van der Waals surface area (Å²) < 4.78 is 0. The Morgan fingerprint density at radius 1 is 1.33 bits per heavy atom. The van der Waals surface area contributed by atoms with Gasteiger partial charge in [0.15, 0.2) is 0 Å². The average molecular weight is 324 g/mol. The highest BCUT2D eigenvalue weighted by atomic mass is 35.5. The van der Waals surface area contributed by atoms with Crippen molar-refractivity contribution in [2.45, 2.75) is 24.8 Å². The third kappa shape index (κ3) is 3.81. The second-order valence-corrected chi connectivity index (χ2v) is 6.03. The van der Waals surface area contributed by atoms with Gasteiger partial charge in [0.05, 0.1) is 11.2 Å². The zero-order chi connectivity index (χ0) is 14.0. The second kappa shape index (κ2) is 6.56. The molecule has 1 aliphatic rings. The van der Waals surface area contributed by atoms with E-state index in [-0.39, 0.29) is 18.3 Å². The Bertz CT molecular complexity index is 610. The normalized spacial score (nSPS) is 15.1. The first kappa shape index (κ1) is 15.9. The summed E-state index contributed by atoms with van der Waals surface area (Å²) in [4.78, 5) is 16.3. The number of halogens is 1. The Kier molecular flexibility index (Phi) is 4.98. The molecule has 6 heteroatoms. The van der Waals surface area contributed by atoms with Crippen LogP contribution in [0, 0.1) is 0 Å². The minimum Gasteiger partial charge on any atom is -0.354 e. The summed E-state index contributed by atoms with van der Waals surface area (Å²) in [6, 6.07) is 10.1. The van der Waals surface area contributed by atoms with Crippen molar-refractivity contribution in [2.75, 3.05) is 6.54 Å². The molecule has 1 aliphatic carbocycles. The molecule has 3 rings (SSSR count). The van der Waals surface area contributed by atoms with Gasteiger partial charge in [-0.1, -0.05) is 30.3 Å². The van der Waals surface area contributed by atoms with Crippen LogP contribution in [0.3, 0.4) is 0 Å². The molecule has 21 heavy (non-hydrogen) atoms. The lowest BCUT2D eigenvalue weighted by atomic mass is 10.2. The van der Waals surface area contributed by atoms with Crippen molar-refractivity contribution in [1.29, 1.82) is 0 Å². The number of rotatable bonds is 5. The molecule has 3 N–H and O–H groups in total. The monoisotopic (exact) mass is 323 g/mol. The zero-order valence-corrected chi connectivity index (χ0v) is 13.2. The highest BCUT2D eigenvalue weighted by Gasteiger charge is 2.45. The van der Waals surface area contributed by atoms with Crippen LogP contribution in [0.25, 0.3) is 10.6 Å². The fourth-order valence-electron chi connectivity index (χ4n) is 1.98. The van der Waals surface area contributed by atoms with Gasteiger partial charge < -0.3 is 11.1 Å². The van der Waals surface area contributed by atoms with Gasteiger partial charge in [-0.15, -0.1) is 23.7 Å². The quantitative estimate of drug-likeness (QED) is 0.887. The summed E-state index contributed by atoms with van der Waals surface area (Å²) in [5.74, 6) is -0.0315. The molecule has 112 valence electrons. The first-order valence-corrected chi connectivity index (χ1v) is 7.62. The highest BCUT2D eigenvalue weighted by Crippen LogP contribution is 2.32. The number of benzene rings is 1. The van der Waals surface area contributed by atoms with Gasteiger partial charge in [-0.2, -0.15) is 0 Å². The highest BCUT2D eigenvalue weighted by molar-refractivity contribution is 7.13. The van der Waals surface area contributed by atoms with Crippen LogP contribution < -0.4 is 11.1 Å². The first-order valence-electron chi connectivity index (χ1n) is 6.74. The minimum atomic E-state index is -0.586. The van der Waals surface area contributed by atoms with E-state index in [1.54, 1.807) is 11.3 Å². The predicted molar refractivity (Wildman–Crippen MR) is 87.7 cm³/mol. The van der Waals surface area contributed by atoms with Crippen LogP contribution in [0.2, 0.25) is 0 Å². The molecule has 1 amide bonds. The Hall–Kier alpha value is -1.43. The van der Waals surface area contributed by atoms with Crippen LogP contribution in [0.5, 0.6) is 0 Å². The van der Waals surface area contributed by atoms with E-state index in [0.29, 0.717) is 6.54 Å². The molecule has 0 bridgehead atoms. The number of hydrogen-bond acceptors (Lipinski definition) is 4. The number of thiazole rings is 1. The zero-order valence-electron chi connectivity index (χ0n) is 11.5. The molecule has 0 atom stereocenters. The van der Waals surface area contributed by atoms with E-state index in [2.05, 4.69) is 22.4 Å². The second-order valence-electron chi connectivity index (χ2n) is 5.17. The molecule has 4 nitrogen and oxygen atoms in total. The summed E-state index contributed by atoms with van der Waals surface area (Å²) in [6.07, 6.45) is 2.34. The number of nitrogens with zero attached hydrogens (tertiary/aromatic N) is 1. The number of aromatic nitrogens is 1. The van der Waals surface area contributed by atoms with Gasteiger partial charge in [-0.25, -0.2) is 4.98 Å². The van der Waals surface area contributed by atoms with E-state index in [0.717, 1.165) is 35.5 Å². The number of nitrogens with one attached hydrogen (secondary N) is 1. The molecule has 0 aliphatic heterocycles. The molecule has 0 spiro atoms. The van der Waals surface area contributed by atoms with Crippen LogP contribution >= 0.6 is 23.7 Å². The number of amides is 1. The summed E-state index contributed by atoms with van der Waals surface area (Å²) in [7, 11) is 0. The summed E-state index contributed by atoms with van der Waals surface area (Å²) in [5.41, 5.74) is 7.38. The maximum absolute atomic E-state index is 11.7. The number of carbonyl (C=O) groups excluding carboxylic acids is 1. The maximum Gasteiger partial charge on any atom is 0.240 e. The lowest BCUT2D eigenvalue weighted by Crippen LogP contribution is -2.43. The molecule has 2 aromatic rings. The van der Waals surface area contributed by atoms with Gasteiger partial charge in [0.2, 0.25) is 5.91 Å². The maximum atomic E-state index is 11.7. The van der Waals surface area contributed by atoms with E-state index in [1.165, 1.54) is 0 Å². The molecular formula is C15H18ClN3OS. The summed E-state index contributed by atoms with van der Waals surface area (Å²) in [5, 5.41) is 5.95. The average Bonchev–Trinajstić information content (AvgIpc) is 3.05. The van der Waals surface area contributed by atoms with Crippen LogP contribution in [-0.2, 0) is 11.2 Å². The molecule has 1 aromatic carbocycles. The lowest BCUT2D eigenvalue weighted by Gasteiger charge is -2.08. The molecule has 1 heterocycles. The third-order valence-corrected chi connectivity index (χ3v) is 4.42. The lowest BCUT2D eigenvalue weighted by molar-refractivity contribution is -0.123.